The van der Waals surface area contributed by atoms with Crippen molar-refractivity contribution in [2.45, 2.75) is 50.7 Å². The van der Waals surface area contributed by atoms with Gasteiger partial charge in [-0.3, -0.25) is 5.10 Å². The van der Waals surface area contributed by atoms with E-state index in [1.165, 1.54) is 5.56 Å². The summed E-state index contributed by atoms with van der Waals surface area (Å²) in [6, 6.07) is 11.0. The van der Waals surface area contributed by atoms with Crippen LogP contribution in [0.4, 0.5) is 5.82 Å². The third kappa shape index (κ3) is 3.85. The van der Waals surface area contributed by atoms with Crippen LogP contribution < -0.4 is 5.32 Å². The fraction of sp³-hybridized carbons (Fsp3) is 0.450. The van der Waals surface area contributed by atoms with Crippen LogP contribution in [-0.2, 0) is 4.74 Å². The van der Waals surface area contributed by atoms with Crippen LogP contribution in [0.25, 0.3) is 11.0 Å². The zero-order valence-electron chi connectivity index (χ0n) is 15.1. The third-order valence-corrected chi connectivity index (χ3v) is 5.21. The molecule has 1 atom stereocenters. The van der Waals surface area contributed by atoms with E-state index >= 15 is 0 Å². The maximum atomic E-state index is 6.19. The molecule has 2 aromatic heterocycles. The quantitative estimate of drug-likeness (QED) is 0.704. The largest absolute Gasteiger partial charge is 0.378 e. The monoisotopic (exact) mass is 351 g/mol. The van der Waals surface area contributed by atoms with Crippen molar-refractivity contribution in [1.29, 1.82) is 0 Å². The number of fused-ring (bicyclic) bond motifs is 1. The van der Waals surface area contributed by atoms with Crippen molar-refractivity contribution in [3.05, 3.63) is 48.4 Å². The van der Waals surface area contributed by atoms with Crippen LogP contribution in [-0.4, -0.2) is 38.9 Å². The minimum Gasteiger partial charge on any atom is -0.378 e. The Hall–Kier alpha value is -2.47. The molecule has 1 unspecified atom stereocenters. The van der Waals surface area contributed by atoms with Crippen LogP contribution >= 0.6 is 0 Å². The van der Waals surface area contributed by atoms with Crippen molar-refractivity contribution in [3.8, 4) is 0 Å². The SMILES string of the molecule is CC(COC1CCC(Nc2ncnc3[nH]ncc23)CC1)c1ccccc1. The molecule has 0 saturated heterocycles. The van der Waals surface area contributed by atoms with Crippen molar-refractivity contribution >= 4 is 16.9 Å². The maximum Gasteiger partial charge on any atom is 0.160 e. The number of hydrogen-bond acceptors (Lipinski definition) is 5. The second-order valence-electron chi connectivity index (χ2n) is 7.12. The van der Waals surface area contributed by atoms with Gasteiger partial charge in [-0.2, -0.15) is 5.10 Å². The number of aromatic amines is 1. The molecule has 6 nitrogen and oxygen atoms in total. The highest BCUT2D eigenvalue weighted by Gasteiger charge is 2.23. The summed E-state index contributed by atoms with van der Waals surface area (Å²) in [5, 5.41) is 11.4. The summed E-state index contributed by atoms with van der Waals surface area (Å²) in [5.74, 6) is 1.30. The summed E-state index contributed by atoms with van der Waals surface area (Å²) >= 11 is 0. The molecule has 1 aliphatic rings. The van der Waals surface area contributed by atoms with Gasteiger partial charge >= 0.3 is 0 Å². The molecule has 4 rings (SSSR count). The average Bonchev–Trinajstić information content (AvgIpc) is 3.18. The lowest BCUT2D eigenvalue weighted by Crippen LogP contribution is -2.30. The normalized spacial score (nSPS) is 21.6. The standard InChI is InChI=1S/C20H25N5O/c1-14(15-5-3-2-4-6-15)12-26-17-9-7-16(8-10-17)24-19-18-11-23-25-20(18)22-13-21-19/h2-6,11,13-14,16-17H,7-10,12H2,1H3,(H2,21,22,23,24,25). The lowest BCUT2D eigenvalue weighted by atomic mass is 9.92. The van der Waals surface area contributed by atoms with Crippen molar-refractivity contribution in [3.63, 3.8) is 0 Å². The summed E-state index contributed by atoms with van der Waals surface area (Å²) < 4.78 is 6.19. The molecule has 2 heterocycles. The predicted octanol–water partition coefficient (Wildman–Crippen LogP) is 3.90. The van der Waals surface area contributed by atoms with Crippen LogP contribution in [0.5, 0.6) is 0 Å². The van der Waals surface area contributed by atoms with E-state index in [1.807, 2.05) is 0 Å². The maximum absolute atomic E-state index is 6.19. The Labute approximate surface area is 153 Å². The number of H-pyrrole nitrogens is 1. The van der Waals surface area contributed by atoms with Crippen molar-refractivity contribution in [2.24, 2.45) is 0 Å². The molecule has 2 N–H and O–H groups in total. The van der Waals surface area contributed by atoms with Gasteiger partial charge in [0.2, 0.25) is 0 Å². The van der Waals surface area contributed by atoms with Crippen LogP contribution in [0, 0.1) is 0 Å². The van der Waals surface area contributed by atoms with Gasteiger partial charge in [0.05, 0.1) is 24.3 Å². The van der Waals surface area contributed by atoms with E-state index in [2.05, 4.69) is 62.7 Å². The zero-order valence-corrected chi connectivity index (χ0v) is 15.1. The Morgan fingerprint density at radius 1 is 1.15 bits per heavy atom. The Morgan fingerprint density at radius 2 is 1.96 bits per heavy atom. The lowest BCUT2D eigenvalue weighted by Gasteiger charge is -2.30. The van der Waals surface area contributed by atoms with E-state index in [4.69, 9.17) is 4.74 Å². The zero-order chi connectivity index (χ0) is 17.8. The van der Waals surface area contributed by atoms with Crippen LogP contribution in [0.2, 0.25) is 0 Å². The van der Waals surface area contributed by atoms with E-state index in [0.29, 0.717) is 18.1 Å². The van der Waals surface area contributed by atoms with E-state index < -0.39 is 0 Å². The van der Waals surface area contributed by atoms with Gasteiger partial charge in [-0.05, 0) is 31.2 Å². The summed E-state index contributed by atoms with van der Waals surface area (Å²) in [7, 11) is 0. The summed E-state index contributed by atoms with van der Waals surface area (Å²) in [6.07, 6.45) is 8.05. The number of benzene rings is 1. The second-order valence-corrected chi connectivity index (χ2v) is 7.12. The van der Waals surface area contributed by atoms with Crippen LogP contribution in [0.3, 0.4) is 0 Å². The molecule has 1 fully saturated rings. The lowest BCUT2D eigenvalue weighted by molar-refractivity contribution is 0.0201. The number of hydrogen-bond donors (Lipinski definition) is 2. The highest BCUT2D eigenvalue weighted by atomic mass is 16.5. The third-order valence-electron chi connectivity index (χ3n) is 5.21. The van der Waals surface area contributed by atoms with Gasteiger partial charge < -0.3 is 10.1 Å². The molecule has 0 bridgehead atoms. The molecule has 6 heteroatoms. The molecule has 0 amide bonds. The van der Waals surface area contributed by atoms with Crippen molar-refractivity contribution in [2.75, 3.05) is 11.9 Å². The smallest absolute Gasteiger partial charge is 0.160 e. The van der Waals surface area contributed by atoms with Gasteiger partial charge in [-0.1, -0.05) is 37.3 Å². The molecule has 3 aromatic rings. The van der Waals surface area contributed by atoms with Gasteiger partial charge in [0.15, 0.2) is 5.65 Å². The molecular weight excluding hydrogens is 326 g/mol. The first-order chi connectivity index (χ1) is 12.8. The molecule has 0 radical (unpaired) electrons. The highest BCUT2D eigenvalue weighted by molar-refractivity contribution is 5.85. The Kier molecular flexibility index (Phi) is 5.11. The number of ether oxygens (including phenoxy) is 1. The number of rotatable bonds is 6. The molecule has 26 heavy (non-hydrogen) atoms. The second kappa shape index (κ2) is 7.83. The minimum absolute atomic E-state index is 0.360. The molecule has 1 aromatic carbocycles. The fourth-order valence-electron chi connectivity index (χ4n) is 3.61. The van der Waals surface area contributed by atoms with E-state index in [9.17, 15) is 0 Å². The number of nitrogens with zero attached hydrogens (tertiary/aromatic N) is 3. The topological polar surface area (TPSA) is 75.7 Å². The van der Waals surface area contributed by atoms with Gasteiger partial charge in [-0.15, -0.1) is 0 Å². The highest BCUT2D eigenvalue weighted by Crippen LogP contribution is 2.27. The number of aromatic nitrogens is 4. The van der Waals surface area contributed by atoms with Gasteiger partial charge in [0.25, 0.3) is 0 Å². The Morgan fingerprint density at radius 3 is 2.77 bits per heavy atom. The summed E-state index contributed by atoms with van der Waals surface area (Å²) in [4.78, 5) is 8.56. The molecule has 0 spiro atoms. The first kappa shape index (κ1) is 17.0. The van der Waals surface area contributed by atoms with Gasteiger partial charge in [0.1, 0.15) is 12.1 Å². The van der Waals surface area contributed by atoms with Crippen LogP contribution in [0.1, 0.15) is 44.1 Å². The van der Waals surface area contributed by atoms with Crippen molar-refractivity contribution in [1.82, 2.24) is 20.2 Å². The Bertz CT molecular complexity index is 826. The number of nitrogens with one attached hydrogen (secondary N) is 2. The van der Waals surface area contributed by atoms with Gasteiger partial charge in [0, 0.05) is 12.0 Å². The van der Waals surface area contributed by atoms with Crippen molar-refractivity contribution < 1.29 is 4.74 Å². The predicted molar refractivity (Wildman–Crippen MR) is 102 cm³/mol. The molecule has 0 aliphatic heterocycles. The first-order valence-corrected chi connectivity index (χ1v) is 9.37. The van der Waals surface area contributed by atoms with E-state index in [1.54, 1.807) is 12.5 Å². The molecular formula is C20H25N5O. The summed E-state index contributed by atoms with van der Waals surface area (Å²) in [6.45, 7) is 3.02. The number of anilines is 1. The van der Waals surface area contributed by atoms with Crippen LogP contribution in [0.15, 0.2) is 42.9 Å². The molecule has 1 aliphatic carbocycles. The Balaban J connectivity index is 1.26. The fourth-order valence-corrected chi connectivity index (χ4v) is 3.61. The first-order valence-electron chi connectivity index (χ1n) is 9.37. The van der Waals surface area contributed by atoms with E-state index in [0.717, 1.165) is 49.1 Å². The molecule has 136 valence electrons. The van der Waals surface area contributed by atoms with E-state index in [-0.39, 0.29) is 0 Å². The average molecular weight is 351 g/mol. The summed E-state index contributed by atoms with van der Waals surface area (Å²) in [5.41, 5.74) is 2.12. The van der Waals surface area contributed by atoms with Gasteiger partial charge in [-0.25, -0.2) is 9.97 Å². The molecule has 1 saturated carbocycles. The minimum atomic E-state index is 0.360.